The topological polar surface area (TPSA) is 68.5 Å². The van der Waals surface area contributed by atoms with E-state index >= 15 is 0 Å². The van der Waals surface area contributed by atoms with Crippen molar-refractivity contribution in [1.29, 1.82) is 0 Å². The fraction of sp³-hybridized carbons (Fsp3) is 0.0417. The number of benzene rings is 3. The molecule has 0 aliphatic heterocycles. The van der Waals surface area contributed by atoms with E-state index in [2.05, 4.69) is 26.5 Å². The minimum Gasteiger partial charge on any atom is -0.483 e. The number of aromatic nitrogens is 2. The molecule has 0 radical (unpaired) electrons. The number of hydrazone groups is 1. The van der Waals surface area contributed by atoms with Crippen LogP contribution in [0.3, 0.4) is 0 Å². The molecule has 31 heavy (non-hydrogen) atoms. The number of halogens is 1. The van der Waals surface area contributed by atoms with Gasteiger partial charge in [0.25, 0.3) is 5.91 Å². The van der Waals surface area contributed by atoms with Gasteiger partial charge in [0.15, 0.2) is 6.61 Å². The van der Waals surface area contributed by atoms with Gasteiger partial charge in [-0.1, -0.05) is 60.7 Å². The Morgan fingerprint density at radius 1 is 1.00 bits per heavy atom. The van der Waals surface area contributed by atoms with Crippen molar-refractivity contribution in [3.05, 3.63) is 101 Å². The van der Waals surface area contributed by atoms with E-state index in [-0.39, 0.29) is 12.5 Å². The number of carbonyl (C=O) groups excluding carboxylic acids is 1. The zero-order valence-electron chi connectivity index (χ0n) is 16.5. The van der Waals surface area contributed by atoms with Crippen LogP contribution in [0.4, 0.5) is 0 Å². The highest BCUT2D eigenvalue weighted by molar-refractivity contribution is 9.10. The molecule has 0 aliphatic carbocycles. The molecule has 1 heterocycles. The molecule has 0 saturated carbocycles. The number of hydrogen-bond donors (Lipinski definition) is 1. The molecule has 4 rings (SSSR count). The monoisotopic (exact) mass is 474 g/mol. The highest BCUT2D eigenvalue weighted by atomic mass is 79.9. The fourth-order valence-electron chi connectivity index (χ4n) is 2.93. The van der Waals surface area contributed by atoms with Gasteiger partial charge in [-0.2, -0.15) is 10.2 Å². The van der Waals surface area contributed by atoms with Gasteiger partial charge in [-0.25, -0.2) is 10.1 Å². The van der Waals surface area contributed by atoms with Crippen molar-refractivity contribution in [2.75, 3.05) is 6.61 Å². The number of rotatable bonds is 7. The second-order valence-electron chi connectivity index (χ2n) is 6.59. The molecule has 1 N–H and O–H groups in total. The normalized spacial score (nSPS) is 10.9. The molecule has 1 aromatic heterocycles. The molecule has 0 fully saturated rings. The summed E-state index contributed by atoms with van der Waals surface area (Å²) in [5.41, 5.74) is 5.95. The van der Waals surface area contributed by atoms with Crippen molar-refractivity contribution in [3.63, 3.8) is 0 Å². The number of para-hydroxylation sites is 2. The second kappa shape index (κ2) is 9.86. The highest BCUT2D eigenvalue weighted by Crippen LogP contribution is 2.24. The fourth-order valence-corrected chi connectivity index (χ4v) is 3.33. The van der Waals surface area contributed by atoms with Gasteiger partial charge in [0, 0.05) is 17.3 Å². The first kappa shape index (κ1) is 20.6. The number of amides is 1. The van der Waals surface area contributed by atoms with Gasteiger partial charge in [-0.05, 0) is 40.2 Å². The zero-order chi connectivity index (χ0) is 21.5. The van der Waals surface area contributed by atoms with Crippen LogP contribution in [0.25, 0.3) is 16.9 Å². The minimum absolute atomic E-state index is 0.144. The van der Waals surface area contributed by atoms with Crippen LogP contribution in [0.15, 0.2) is 101 Å². The molecule has 3 aromatic carbocycles. The highest BCUT2D eigenvalue weighted by Gasteiger charge is 2.11. The number of ether oxygens (including phenoxy) is 1. The average Bonchev–Trinajstić information content (AvgIpc) is 3.24. The van der Waals surface area contributed by atoms with Crippen LogP contribution in [-0.4, -0.2) is 28.5 Å². The van der Waals surface area contributed by atoms with Crippen molar-refractivity contribution in [2.45, 2.75) is 0 Å². The third kappa shape index (κ3) is 5.26. The van der Waals surface area contributed by atoms with Gasteiger partial charge in [0.1, 0.15) is 11.4 Å². The Morgan fingerprint density at radius 3 is 2.42 bits per heavy atom. The lowest BCUT2D eigenvalue weighted by Crippen LogP contribution is -2.24. The van der Waals surface area contributed by atoms with E-state index in [0.29, 0.717) is 5.75 Å². The van der Waals surface area contributed by atoms with Crippen LogP contribution >= 0.6 is 15.9 Å². The molecule has 7 heteroatoms. The van der Waals surface area contributed by atoms with Crippen LogP contribution in [0.2, 0.25) is 0 Å². The van der Waals surface area contributed by atoms with E-state index in [1.54, 1.807) is 17.0 Å². The van der Waals surface area contributed by atoms with Gasteiger partial charge in [-0.15, -0.1) is 0 Å². The summed E-state index contributed by atoms with van der Waals surface area (Å²) >= 11 is 3.39. The van der Waals surface area contributed by atoms with E-state index in [1.807, 2.05) is 85.1 Å². The Kier molecular flexibility index (Phi) is 6.54. The molecule has 0 saturated heterocycles. The summed E-state index contributed by atoms with van der Waals surface area (Å²) in [7, 11) is 0. The minimum atomic E-state index is -0.358. The predicted molar refractivity (Wildman–Crippen MR) is 124 cm³/mol. The van der Waals surface area contributed by atoms with Crippen molar-refractivity contribution < 1.29 is 9.53 Å². The standard InChI is InChI=1S/C24H19BrN4O2/c25-21-13-7-8-14-22(21)31-17-23(30)27-26-15-19-16-29(20-11-5-2-6-12-20)28-24(19)18-9-3-1-4-10-18/h1-16H,17H2,(H,27,30)/b26-15-. The quantitative estimate of drug-likeness (QED) is 0.308. The molecule has 154 valence electrons. The lowest BCUT2D eigenvalue weighted by Gasteiger charge is -2.06. The maximum absolute atomic E-state index is 12.1. The van der Waals surface area contributed by atoms with Gasteiger partial charge < -0.3 is 4.74 Å². The largest absolute Gasteiger partial charge is 0.483 e. The van der Waals surface area contributed by atoms with Crippen LogP contribution < -0.4 is 10.2 Å². The summed E-state index contributed by atoms with van der Waals surface area (Å²) in [5.74, 6) is 0.237. The first-order chi connectivity index (χ1) is 15.2. The molecular weight excluding hydrogens is 456 g/mol. The summed E-state index contributed by atoms with van der Waals surface area (Å²) in [4.78, 5) is 12.1. The summed E-state index contributed by atoms with van der Waals surface area (Å²) in [5, 5.41) is 8.82. The zero-order valence-corrected chi connectivity index (χ0v) is 18.1. The van der Waals surface area contributed by atoms with Gasteiger partial charge in [0.05, 0.1) is 16.4 Å². The van der Waals surface area contributed by atoms with Crippen molar-refractivity contribution in [1.82, 2.24) is 15.2 Å². The molecule has 0 bridgehead atoms. The summed E-state index contributed by atoms with van der Waals surface area (Å²) in [6.45, 7) is -0.144. The Bertz CT molecular complexity index is 1190. The maximum atomic E-state index is 12.1. The SMILES string of the molecule is O=C(COc1ccccc1Br)N/N=C\c1cn(-c2ccccc2)nc1-c1ccccc1. The third-order valence-electron chi connectivity index (χ3n) is 4.40. The van der Waals surface area contributed by atoms with E-state index in [9.17, 15) is 4.79 Å². The van der Waals surface area contributed by atoms with Gasteiger partial charge in [0.2, 0.25) is 0 Å². The Labute approximate surface area is 188 Å². The number of nitrogens with one attached hydrogen (secondary N) is 1. The van der Waals surface area contributed by atoms with Crippen molar-refractivity contribution >= 4 is 28.1 Å². The van der Waals surface area contributed by atoms with Gasteiger partial charge >= 0.3 is 0 Å². The summed E-state index contributed by atoms with van der Waals surface area (Å²) in [6.07, 6.45) is 3.47. The van der Waals surface area contributed by atoms with Gasteiger partial charge in [-0.3, -0.25) is 4.79 Å². The molecule has 4 aromatic rings. The molecule has 0 unspecified atom stereocenters. The Morgan fingerprint density at radius 2 is 1.68 bits per heavy atom. The van der Waals surface area contributed by atoms with E-state index in [0.717, 1.165) is 27.0 Å². The number of hydrogen-bond acceptors (Lipinski definition) is 4. The number of nitrogens with zero attached hydrogens (tertiary/aromatic N) is 3. The molecule has 1 amide bonds. The van der Waals surface area contributed by atoms with E-state index in [4.69, 9.17) is 9.84 Å². The lowest BCUT2D eigenvalue weighted by atomic mass is 10.1. The smallest absolute Gasteiger partial charge is 0.277 e. The third-order valence-corrected chi connectivity index (χ3v) is 5.05. The molecule has 0 spiro atoms. The molecule has 0 aliphatic rings. The van der Waals surface area contributed by atoms with Crippen molar-refractivity contribution in [3.8, 4) is 22.7 Å². The molecular formula is C24H19BrN4O2. The first-order valence-electron chi connectivity index (χ1n) is 9.60. The van der Waals surface area contributed by atoms with E-state index < -0.39 is 0 Å². The average molecular weight is 475 g/mol. The van der Waals surface area contributed by atoms with E-state index in [1.165, 1.54) is 0 Å². The van der Waals surface area contributed by atoms with Crippen LogP contribution in [0.1, 0.15) is 5.56 Å². The van der Waals surface area contributed by atoms with Crippen molar-refractivity contribution in [2.24, 2.45) is 5.10 Å². The first-order valence-corrected chi connectivity index (χ1v) is 10.4. The molecule has 0 atom stereocenters. The maximum Gasteiger partial charge on any atom is 0.277 e. The number of carbonyl (C=O) groups is 1. The molecule has 6 nitrogen and oxygen atoms in total. The predicted octanol–water partition coefficient (Wildman–Crippen LogP) is 4.83. The van der Waals surface area contributed by atoms with Crippen LogP contribution in [-0.2, 0) is 4.79 Å². The Balaban J connectivity index is 1.49. The summed E-state index contributed by atoms with van der Waals surface area (Å²) < 4.78 is 8.08. The summed E-state index contributed by atoms with van der Waals surface area (Å²) in [6, 6.07) is 27.0. The lowest BCUT2D eigenvalue weighted by molar-refractivity contribution is -0.123. The van der Waals surface area contributed by atoms with Crippen LogP contribution in [0.5, 0.6) is 5.75 Å². The second-order valence-corrected chi connectivity index (χ2v) is 7.45. The Hall–Kier alpha value is -3.71. The van der Waals surface area contributed by atoms with Crippen LogP contribution in [0, 0.1) is 0 Å².